The van der Waals surface area contributed by atoms with Gasteiger partial charge in [-0.05, 0) is 111 Å². The molecule has 8 aromatic carbocycles. The van der Waals surface area contributed by atoms with E-state index < -0.39 is 0 Å². The molecule has 0 bridgehead atoms. The Bertz CT molecular complexity index is 3320. The molecule has 0 spiro atoms. The molecule has 0 N–H and O–H groups in total. The fourth-order valence-corrected chi connectivity index (χ4v) is 9.64. The van der Waals surface area contributed by atoms with Gasteiger partial charge in [0.15, 0.2) is 5.58 Å². The lowest BCUT2D eigenvalue weighted by molar-refractivity contribution is 0.660. The molecule has 3 nitrogen and oxygen atoms in total. The summed E-state index contributed by atoms with van der Waals surface area (Å²) in [4.78, 5) is 2.47. The molecule has 0 aliphatic heterocycles. The van der Waals surface area contributed by atoms with Crippen molar-refractivity contribution in [2.24, 2.45) is 0 Å². The molecule has 2 aromatic heterocycles. The van der Waals surface area contributed by atoms with Crippen molar-refractivity contribution in [3.05, 3.63) is 211 Å². The molecule has 2 heterocycles. The third kappa shape index (κ3) is 5.35. The molecule has 0 fully saturated rings. The molecule has 1 aliphatic carbocycles. The zero-order chi connectivity index (χ0) is 39.8. The van der Waals surface area contributed by atoms with Crippen LogP contribution in [0.3, 0.4) is 0 Å². The summed E-state index contributed by atoms with van der Waals surface area (Å²) in [5.74, 6) is 0. The number of nitrogens with zero attached hydrogens (tertiary/aromatic N) is 2. The maximum atomic E-state index is 6.94. The van der Waals surface area contributed by atoms with Crippen LogP contribution in [0.5, 0.6) is 0 Å². The summed E-state index contributed by atoms with van der Waals surface area (Å²) in [6.07, 6.45) is 6.07. The molecule has 0 saturated carbocycles. The summed E-state index contributed by atoms with van der Waals surface area (Å²) in [6, 6.07) is 61.7. The Kier molecular flexibility index (Phi) is 7.89. The van der Waals surface area contributed by atoms with Gasteiger partial charge in [0.05, 0.1) is 11.2 Å². The highest BCUT2D eigenvalue weighted by Crippen LogP contribution is 2.53. The van der Waals surface area contributed by atoms with Gasteiger partial charge in [0, 0.05) is 44.3 Å². The molecular weight excluding hydrogens is 717 g/mol. The van der Waals surface area contributed by atoms with Gasteiger partial charge < -0.3 is 13.9 Å². The summed E-state index contributed by atoms with van der Waals surface area (Å²) < 4.78 is 9.33. The van der Waals surface area contributed by atoms with Crippen molar-refractivity contribution >= 4 is 66.8 Å². The average molecular weight is 759 g/mol. The molecule has 0 unspecified atom stereocenters. The van der Waals surface area contributed by atoms with Gasteiger partial charge in [0.2, 0.25) is 0 Å². The fraction of sp³-hybridized carbons (Fsp3) is 0.0714. The molecule has 0 atom stereocenters. The number of rotatable bonds is 7. The van der Waals surface area contributed by atoms with E-state index in [2.05, 4.69) is 213 Å². The number of hydrogen-bond acceptors (Lipinski definition) is 2. The van der Waals surface area contributed by atoms with Crippen molar-refractivity contribution in [1.29, 1.82) is 0 Å². The van der Waals surface area contributed by atoms with Gasteiger partial charge in [-0.3, -0.25) is 0 Å². The summed E-state index contributed by atoms with van der Waals surface area (Å²) >= 11 is 0. The van der Waals surface area contributed by atoms with Crippen LogP contribution in [-0.2, 0) is 5.41 Å². The lowest BCUT2D eigenvalue weighted by atomic mass is 9.82. The van der Waals surface area contributed by atoms with E-state index in [-0.39, 0.29) is 5.41 Å². The predicted molar refractivity (Wildman–Crippen MR) is 250 cm³/mol. The first-order chi connectivity index (χ1) is 28.9. The van der Waals surface area contributed by atoms with Crippen LogP contribution in [-0.4, -0.2) is 4.57 Å². The van der Waals surface area contributed by atoms with E-state index in [1.54, 1.807) is 0 Å². The zero-order valence-corrected chi connectivity index (χ0v) is 33.4. The smallest absolute Gasteiger partial charge is 0.160 e. The number of aryl methyl sites for hydroxylation is 1. The first kappa shape index (κ1) is 34.9. The van der Waals surface area contributed by atoms with Crippen LogP contribution in [0, 0.1) is 6.92 Å². The summed E-state index contributed by atoms with van der Waals surface area (Å²) in [5.41, 5.74) is 16.8. The number of benzene rings is 8. The van der Waals surface area contributed by atoms with Crippen LogP contribution in [0.4, 0.5) is 17.1 Å². The van der Waals surface area contributed by atoms with E-state index in [0.29, 0.717) is 0 Å². The molecule has 59 heavy (non-hydrogen) atoms. The van der Waals surface area contributed by atoms with Crippen LogP contribution in [0.1, 0.15) is 36.2 Å². The van der Waals surface area contributed by atoms with Gasteiger partial charge in [-0.25, -0.2) is 0 Å². The van der Waals surface area contributed by atoms with Crippen LogP contribution >= 0.6 is 0 Å². The molecular formula is C56H42N2O. The molecule has 282 valence electrons. The second-order valence-corrected chi connectivity index (χ2v) is 16.2. The molecule has 11 rings (SSSR count). The number of allylic oxidation sites excluding steroid dienone is 2. The Morgan fingerprint density at radius 2 is 1.31 bits per heavy atom. The van der Waals surface area contributed by atoms with Crippen molar-refractivity contribution < 1.29 is 4.42 Å². The number of fused-ring (bicyclic) bond motifs is 9. The monoisotopic (exact) mass is 758 g/mol. The maximum Gasteiger partial charge on any atom is 0.160 e. The summed E-state index contributed by atoms with van der Waals surface area (Å²) in [5, 5.41) is 5.67. The first-order valence-electron chi connectivity index (χ1n) is 20.4. The standard InChI is InChI=1S/C56H42N2O/c1-5-6-23-50-36(2)53-51(35-47-46-21-13-15-24-52(46)59-55(47)54(53)58(50)42-30-27-38-18-10-11-19-40(38)33-42)57(41-28-25-39(26-29-41)37-16-8-7-9-17-37)43-31-32-45-44-20-12-14-22-48(44)56(3,4)49(45)34-43/h5-35H,1H2,2-4H3/b23-6-. The highest BCUT2D eigenvalue weighted by atomic mass is 16.3. The van der Waals surface area contributed by atoms with Crippen LogP contribution in [0.15, 0.2) is 193 Å². The van der Waals surface area contributed by atoms with E-state index >= 15 is 0 Å². The molecule has 0 amide bonds. The van der Waals surface area contributed by atoms with Crippen molar-refractivity contribution in [3.63, 3.8) is 0 Å². The Balaban J connectivity index is 1.26. The lowest BCUT2D eigenvalue weighted by Crippen LogP contribution is -2.16. The molecule has 1 aliphatic rings. The lowest BCUT2D eigenvalue weighted by Gasteiger charge is -2.29. The minimum absolute atomic E-state index is 0.164. The van der Waals surface area contributed by atoms with Crippen LogP contribution in [0.2, 0.25) is 0 Å². The third-order valence-corrected chi connectivity index (χ3v) is 12.5. The quantitative estimate of drug-likeness (QED) is 0.151. The minimum Gasteiger partial charge on any atom is -0.454 e. The number of anilines is 3. The summed E-state index contributed by atoms with van der Waals surface area (Å²) in [7, 11) is 0. The molecule has 10 aromatic rings. The predicted octanol–water partition coefficient (Wildman–Crippen LogP) is 15.6. The zero-order valence-electron chi connectivity index (χ0n) is 33.4. The molecule has 0 radical (unpaired) electrons. The second-order valence-electron chi connectivity index (χ2n) is 16.2. The number of para-hydroxylation sites is 1. The van der Waals surface area contributed by atoms with E-state index in [0.717, 1.165) is 66.8 Å². The van der Waals surface area contributed by atoms with E-state index in [1.807, 2.05) is 12.2 Å². The van der Waals surface area contributed by atoms with Gasteiger partial charge in [-0.1, -0.05) is 154 Å². The van der Waals surface area contributed by atoms with Gasteiger partial charge in [0.1, 0.15) is 5.58 Å². The van der Waals surface area contributed by atoms with Crippen molar-refractivity contribution in [3.8, 4) is 27.9 Å². The van der Waals surface area contributed by atoms with E-state index in [1.165, 1.54) is 44.2 Å². The third-order valence-electron chi connectivity index (χ3n) is 12.5. The summed E-state index contributed by atoms with van der Waals surface area (Å²) in [6.45, 7) is 11.0. The highest BCUT2D eigenvalue weighted by Gasteiger charge is 2.36. The largest absolute Gasteiger partial charge is 0.454 e. The van der Waals surface area contributed by atoms with Gasteiger partial charge >= 0.3 is 0 Å². The SMILES string of the molecule is C=C/C=C\c1c(C)c2c(N(c3ccc(-c4ccccc4)cc3)c3ccc4c(c3)C(C)(C)c3ccccc3-4)cc3c4ccccc4oc3c2n1-c1ccc2ccccc2c1. The van der Waals surface area contributed by atoms with Gasteiger partial charge in [-0.15, -0.1) is 0 Å². The average Bonchev–Trinajstić information content (AvgIpc) is 3.88. The second kappa shape index (κ2) is 13.4. The Morgan fingerprint density at radius 3 is 2.14 bits per heavy atom. The van der Waals surface area contributed by atoms with Gasteiger partial charge in [0.25, 0.3) is 0 Å². The number of hydrogen-bond donors (Lipinski definition) is 0. The Hall–Kier alpha value is -7.36. The number of furan rings is 1. The van der Waals surface area contributed by atoms with Crippen molar-refractivity contribution in [2.45, 2.75) is 26.2 Å². The Morgan fingerprint density at radius 1 is 0.610 bits per heavy atom. The number of aromatic nitrogens is 1. The van der Waals surface area contributed by atoms with Gasteiger partial charge in [-0.2, -0.15) is 0 Å². The molecule has 3 heteroatoms. The first-order valence-corrected chi connectivity index (χ1v) is 20.4. The Labute approximate surface area is 344 Å². The highest BCUT2D eigenvalue weighted by molar-refractivity contribution is 6.21. The van der Waals surface area contributed by atoms with Crippen molar-refractivity contribution in [1.82, 2.24) is 4.57 Å². The normalized spacial score (nSPS) is 13.1. The maximum absolute atomic E-state index is 6.94. The van der Waals surface area contributed by atoms with Crippen LogP contribution < -0.4 is 4.90 Å². The van der Waals surface area contributed by atoms with E-state index in [4.69, 9.17) is 4.42 Å². The van der Waals surface area contributed by atoms with E-state index in [9.17, 15) is 0 Å². The minimum atomic E-state index is -0.164. The molecule has 0 saturated heterocycles. The fourth-order valence-electron chi connectivity index (χ4n) is 9.64. The van der Waals surface area contributed by atoms with Crippen molar-refractivity contribution in [2.75, 3.05) is 4.90 Å². The van der Waals surface area contributed by atoms with Crippen LogP contribution in [0.25, 0.3) is 77.6 Å². The topological polar surface area (TPSA) is 21.3 Å².